The molecule has 6 nitrogen and oxygen atoms in total. The number of aromatic nitrogens is 1. The first-order chi connectivity index (χ1) is 15.3. The highest BCUT2D eigenvalue weighted by atomic mass is 32.2. The van der Waals surface area contributed by atoms with Gasteiger partial charge in [-0.2, -0.15) is 4.31 Å². The highest BCUT2D eigenvalue weighted by Crippen LogP contribution is 2.33. The zero-order valence-electron chi connectivity index (χ0n) is 19.3. The Balaban J connectivity index is 1.31. The summed E-state index contributed by atoms with van der Waals surface area (Å²) in [5, 5.41) is 0. The van der Waals surface area contributed by atoms with Crippen LogP contribution in [-0.2, 0) is 16.4 Å². The molecule has 0 spiro atoms. The lowest BCUT2D eigenvalue weighted by Crippen LogP contribution is -2.50. The average Bonchev–Trinajstić information content (AvgIpc) is 3.41. The topological polar surface area (TPSA) is 62.6 Å². The van der Waals surface area contributed by atoms with E-state index >= 15 is 0 Å². The Morgan fingerprint density at radius 1 is 1.00 bits per heavy atom. The minimum Gasteiger partial charge on any atom is -0.345 e. The number of Topliss-reactive ketones (excluding diaryl/α,β-unsaturated/α-hetero) is 1. The normalized spacial score (nSPS) is 18.9. The van der Waals surface area contributed by atoms with Gasteiger partial charge < -0.3 is 4.57 Å². The molecular weight excluding hydrogens is 422 g/mol. The summed E-state index contributed by atoms with van der Waals surface area (Å²) in [6.45, 7) is 6.61. The Labute approximate surface area is 192 Å². The first-order valence-corrected chi connectivity index (χ1v) is 13.4. The molecule has 7 heteroatoms. The van der Waals surface area contributed by atoms with E-state index in [0.29, 0.717) is 45.2 Å². The third kappa shape index (κ3) is 5.16. The summed E-state index contributed by atoms with van der Waals surface area (Å²) in [5.74, 6) is 0.269. The van der Waals surface area contributed by atoms with Crippen LogP contribution in [0.5, 0.6) is 0 Å². The van der Waals surface area contributed by atoms with Crippen LogP contribution in [0.25, 0.3) is 0 Å². The van der Waals surface area contributed by atoms with Gasteiger partial charge >= 0.3 is 0 Å². The van der Waals surface area contributed by atoms with Crippen LogP contribution in [0.3, 0.4) is 0 Å². The van der Waals surface area contributed by atoms with Crippen LogP contribution in [0.4, 0.5) is 0 Å². The molecule has 2 aliphatic rings. The van der Waals surface area contributed by atoms with Crippen molar-refractivity contribution in [1.29, 1.82) is 0 Å². The van der Waals surface area contributed by atoms with Crippen molar-refractivity contribution in [3.63, 3.8) is 0 Å². The Morgan fingerprint density at radius 3 is 2.31 bits per heavy atom. The Morgan fingerprint density at radius 2 is 1.66 bits per heavy atom. The van der Waals surface area contributed by atoms with Gasteiger partial charge in [0, 0.05) is 49.2 Å². The molecule has 2 fully saturated rings. The molecule has 1 aliphatic heterocycles. The van der Waals surface area contributed by atoms with Gasteiger partial charge in [-0.15, -0.1) is 0 Å². The highest BCUT2D eigenvalue weighted by molar-refractivity contribution is 7.89. The highest BCUT2D eigenvalue weighted by Gasteiger charge is 2.29. The Kier molecular flexibility index (Phi) is 7.17. The van der Waals surface area contributed by atoms with E-state index in [4.69, 9.17) is 0 Å². The zero-order valence-corrected chi connectivity index (χ0v) is 20.1. The number of aryl methyl sites for hydroxylation is 2. The van der Waals surface area contributed by atoms with Gasteiger partial charge in [-0.3, -0.25) is 9.69 Å². The van der Waals surface area contributed by atoms with E-state index in [1.165, 1.54) is 31.4 Å². The Bertz CT molecular complexity index is 1030. The van der Waals surface area contributed by atoms with Crippen molar-refractivity contribution in [2.24, 2.45) is 0 Å². The lowest BCUT2D eigenvalue weighted by Gasteiger charge is -2.33. The van der Waals surface area contributed by atoms with E-state index in [-0.39, 0.29) is 11.5 Å². The first kappa shape index (κ1) is 23.2. The number of hydrogen-bond donors (Lipinski definition) is 0. The van der Waals surface area contributed by atoms with Gasteiger partial charge in [-0.1, -0.05) is 43.2 Å². The number of hydrogen-bond acceptors (Lipinski definition) is 4. The second kappa shape index (κ2) is 9.89. The van der Waals surface area contributed by atoms with Crippen molar-refractivity contribution in [3.05, 3.63) is 58.9 Å². The number of carbonyl (C=O) groups excluding carboxylic acids is 1. The predicted octanol–water partition coefficient (Wildman–Crippen LogP) is 3.59. The molecule has 0 radical (unpaired) electrons. The van der Waals surface area contributed by atoms with E-state index in [1.54, 1.807) is 4.31 Å². The predicted molar refractivity (Wildman–Crippen MR) is 128 cm³/mol. The Hall–Kier alpha value is -1.96. The summed E-state index contributed by atoms with van der Waals surface area (Å²) >= 11 is 0. The number of sulfonamides is 1. The minimum absolute atomic E-state index is 0.128. The van der Waals surface area contributed by atoms with Crippen LogP contribution in [0.15, 0.2) is 36.4 Å². The molecule has 0 unspecified atom stereocenters. The number of carbonyl (C=O) groups is 1. The van der Waals surface area contributed by atoms with Crippen LogP contribution >= 0.6 is 0 Å². The largest absolute Gasteiger partial charge is 0.345 e. The second-order valence-electron chi connectivity index (χ2n) is 9.24. The van der Waals surface area contributed by atoms with Gasteiger partial charge in [0.1, 0.15) is 0 Å². The quantitative estimate of drug-likeness (QED) is 0.569. The summed E-state index contributed by atoms with van der Waals surface area (Å²) in [4.78, 5) is 15.2. The van der Waals surface area contributed by atoms with Crippen LogP contribution in [-0.4, -0.2) is 66.4 Å². The summed E-state index contributed by atoms with van der Waals surface area (Å²) in [6, 6.07) is 12.3. The van der Waals surface area contributed by atoms with Crippen molar-refractivity contribution in [3.8, 4) is 0 Å². The van der Waals surface area contributed by atoms with E-state index < -0.39 is 10.0 Å². The van der Waals surface area contributed by atoms with Crippen LogP contribution < -0.4 is 0 Å². The molecule has 0 amide bonds. The van der Waals surface area contributed by atoms with E-state index in [9.17, 15) is 13.2 Å². The smallest absolute Gasteiger partial charge is 0.214 e. The summed E-state index contributed by atoms with van der Waals surface area (Å²) in [7, 11) is -3.29. The minimum atomic E-state index is -3.29. The molecule has 1 aromatic carbocycles. The van der Waals surface area contributed by atoms with Gasteiger partial charge in [0.2, 0.25) is 10.0 Å². The van der Waals surface area contributed by atoms with Crippen molar-refractivity contribution < 1.29 is 13.2 Å². The number of rotatable bonds is 8. The maximum atomic E-state index is 13.1. The maximum Gasteiger partial charge on any atom is 0.214 e. The maximum absolute atomic E-state index is 13.1. The number of benzene rings is 1. The first-order valence-electron chi connectivity index (χ1n) is 11.8. The van der Waals surface area contributed by atoms with Crippen LogP contribution in [0, 0.1) is 13.8 Å². The fraction of sp³-hybridized carbons (Fsp3) is 0.560. The number of nitrogens with zero attached hydrogens (tertiary/aromatic N) is 3. The monoisotopic (exact) mass is 457 g/mol. The molecule has 2 heterocycles. The summed E-state index contributed by atoms with van der Waals surface area (Å²) in [6.07, 6.45) is 5.46. The molecule has 32 heavy (non-hydrogen) atoms. The van der Waals surface area contributed by atoms with Crippen LogP contribution in [0.2, 0.25) is 0 Å². The molecule has 1 aliphatic carbocycles. The SMILES string of the molecule is Cc1cc(C(=O)CN2CCN(S(=O)(=O)CCc3ccccc3)CC2)c(C)n1C1CCCC1. The van der Waals surface area contributed by atoms with Crippen molar-refractivity contribution in [1.82, 2.24) is 13.8 Å². The third-order valence-corrected chi connectivity index (χ3v) is 8.93. The molecular formula is C25H35N3O3S. The van der Waals surface area contributed by atoms with Crippen molar-refractivity contribution in [2.75, 3.05) is 38.5 Å². The molecule has 2 aromatic rings. The lowest BCUT2D eigenvalue weighted by molar-refractivity contribution is 0.0901. The number of ketones is 1. The fourth-order valence-electron chi connectivity index (χ4n) is 5.26. The molecule has 4 rings (SSSR count). The standard InChI is InChI=1S/C25H35N3O3S/c1-20-18-24(21(2)28(20)23-10-6-7-11-23)25(29)19-26-13-15-27(16-14-26)32(30,31)17-12-22-8-4-3-5-9-22/h3-5,8-9,18,23H,6-7,10-17,19H2,1-2H3. The molecule has 1 saturated carbocycles. The molecule has 1 saturated heterocycles. The van der Waals surface area contributed by atoms with Crippen molar-refractivity contribution in [2.45, 2.75) is 52.0 Å². The average molecular weight is 458 g/mol. The number of piperazine rings is 1. The van der Waals surface area contributed by atoms with Gasteiger partial charge in [-0.05, 0) is 44.7 Å². The van der Waals surface area contributed by atoms with Gasteiger partial charge in [0.25, 0.3) is 0 Å². The fourth-order valence-corrected chi connectivity index (χ4v) is 6.73. The van der Waals surface area contributed by atoms with Crippen LogP contribution in [0.1, 0.15) is 59.0 Å². The third-order valence-electron chi connectivity index (χ3n) is 7.06. The molecule has 174 valence electrons. The van der Waals surface area contributed by atoms with Crippen molar-refractivity contribution >= 4 is 15.8 Å². The van der Waals surface area contributed by atoms with E-state index in [1.807, 2.05) is 36.4 Å². The van der Waals surface area contributed by atoms with Gasteiger partial charge in [-0.25, -0.2) is 8.42 Å². The van der Waals surface area contributed by atoms with E-state index in [2.05, 4.69) is 23.3 Å². The molecule has 0 bridgehead atoms. The molecule has 0 N–H and O–H groups in total. The van der Waals surface area contributed by atoms with E-state index in [0.717, 1.165) is 16.8 Å². The summed E-state index contributed by atoms with van der Waals surface area (Å²) < 4.78 is 29.5. The van der Waals surface area contributed by atoms with Gasteiger partial charge in [0.05, 0.1) is 12.3 Å². The second-order valence-corrected chi connectivity index (χ2v) is 11.3. The zero-order chi connectivity index (χ0) is 22.7. The summed E-state index contributed by atoms with van der Waals surface area (Å²) in [5.41, 5.74) is 4.12. The molecule has 0 atom stereocenters. The molecule has 1 aromatic heterocycles. The lowest BCUT2D eigenvalue weighted by atomic mass is 10.1. The van der Waals surface area contributed by atoms with Gasteiger partial charge in [0.15, 0.2) is 5.78 Å².